The van der Waals surface area contributed by atoms with Gasteiger partial charge in [0.05, 0.1) is 16.2 Å². The van der Waals surface area contributed by atoms with Crippen molar-refractivity contribution in [1.82, 2.24) is 0 Å². The number of carbonyl (C=O) groups is 2. The minimum atomic E-state index is -0.648. The monoisotopic (exact) mass is 310 g/mol. The minimum absolute atomic E-state index is 0.0720. The Kier molecular flexibility index (Phi) is 3.44. The first-order chi connectivity index (χ1) is 10.9. The van der Waals surface area contributed by atoms with Crippen molar-refractivity contribution >= 4 is 23.2 Å². The number of hydrogen-bond acceptors (Lipinski definition) is 4. The fourth-order valence-corrected chi connectivity index (χ4v) is 2.82. The van der Waals surface area contributed by atoms with E-state index in [-0.39, 0.29) is 22.7 Å². The highest BCUT2D eigenvalue weighted by Gasteiger charge is 2.42. The molecule has 1 aliphatic rings. The molecule has 0 fully saturated rings. The van der Waals surface area contributed by atoms with E-state index in [1.165, 1.54) is 18.2 Å². The number of fused-ring (bicyclic) bond motifs is 1. The SMILES string of the molecule is CC(C)c1ccccc1N1C(=O)c2cccc([N+](=O)[O-])c2C1=O. The van der Waals surface area contributed by atoms with E-state index < -0.39 is 16.7 Å². The number of imide groups is 1. The molecule has 3 rings (SSSR count). The predicted molar refractivity (Wildman–Crippen MR) is 84.8 cm³/mol. The van der Waals surface area contributed by atoms with Crippen molar-refractivity contribution in [2.45, 2.75) is 19.8 Å². The molecule has 2 aromatic carbocycles. The maximum Gasteiger partial charge on any atom is 0.283 e. The van der Waals surface area contributed by atoms with Crippen LogP contribution in [0.5, 0.6) is 0 Å². The van der Waals surface area contributed by atoms with Gasteiger partial charge in [0.2, 0.25) is 0 Å². The molecule has 0 saturated heterocycles. The molecule has 2 aromatic rings. The van der Waals surface area contributed by atoms with Crippen LogP contribution in [-0.2, 0) is 0 Å². The molecule has 0 radical (unpaired) electrons. The summed E-state index contributed by atoms with van der Waals surface area (Å²) in [6.07, 6.45) is 0. The van der Waals surface area contributed by atoms with Crippen molar-refractivity contribution in [3.8, 4) is 0 Å². The molecule has 0 aromatic heterocycles. The number of carbonyl (C=O) groups excluding carboxylic acids is 2. The molecule has 0 N–H and O–H groups in total. The van der Waals surface area contributed by atoms with Crippen LogP contribution < -0.4 is 4.90 Å². The van der Waals surface area contributed by atoms with Crippen LogP contribution in [-0.4, -0.2) is 16.7 Å². The lowest BCUT2D eigenvalue weighted by Crippen LogP contribution is -2.30. The number of nitro groups is 1. The lowest BCUT2D eigenvalue weighted by atomic mass is 10.0. The van der Waals surface area contributed by atoms with E-state index >= 15 is 0 Å². The number of nitrogens with zero attached hydrogens (tertiary/aromatic N) is 2. The third-order valence-corrected chi connectivity index (χ3v) is 3.89. The van der Waals surface area contributed by atoms with E-state index in [1.54, 1.807) is 12.1 Å². The van der Waals surface area contributed by atoms with Crippen LogP contribution in [0.3, 0.4) is 0 Å². The number of para-hydroxylation sites is 1. The van der Waals surface area contributed by atoms with Crippen molar-refractivity contribution in [3.05, 3.63) is 69.3 Å². The Bertz CT molecular complexity index is 842. The molecule has 0 bridgehead atoms. The van der Waals surface area contributed by atoms with Crippen molar-refractivity contribution < 1.29 is 14.5 Å². The minimum Gasteiger partial charge on any atom is -0.268 e. The molecule has 0 unspecified atom stereocenters. The number of hydrogen-bond donors (Lipinski definition) is 0. The van der Waals surface area contributed by atoms with Gasteiger partial charge in [-0.05, 0) is 23.6 Å². The average molecular weight is 310 g/mol. The number of amides is 2. The Morgan fingerprint density at radius 1 is 1.00 bits per heavy atom. The van der Waals surface area contributed by atoms with Gasteiger partial charge in [-0.3, -0.25) is 19.7 Å². The zero-order valence-corrected chi connectivity index (χ0v) is 12.6. The highest BCUT2D eigenvalue weighted by molar-refractivity contribution is 6.35. The second kappa shape index (κ2) is 5.31. The first kappa shape index (κ1) is 14.9. The summed E-state index contributed by atoms with van der Waals surface area (Å²) in [5.74, 6) is -1.07. The van der Waals surface area contributed by atoms with Crippen LogP contribution in [0.2, 0.25) is 0 Å². The average Bonchev–Trinajstić information content (AvgIpc) is 2.78. The third-order valence-electron chi connectivity index (χ3n) is 3.89. The van der Waals surface area contributed by atoms with E-state index in [4.69, 9.17) is 0 Å². The lowest BCUT2D eigenvalue weighted by Gasteiger charge is -2.19. The number of anilines is 1. The molecule has 23 heavy (non-hydrogen) atoms. The molecule has 6 nitrogen and oxygen atoms in total. The predicted octanol–water partition coefficient (Wildman–Crippen LogP) is 3.52. The molecule has 0 saturated carbocycles. The number of rotatable bonds is 3. The zero-order valence-electron chi connectivity index (χ0n) is 12.6. The van der Waals surface area contributed by atoms with Crippen LogP contribution in [0, 0.1) is 10.1 Å². The van der Waals surface area contributed by atoms with Crippen molar-refractivity contribution in [2.75, 3.05) is 4.90 Å². The van der Waals surface area contributed by atoms with Gasteiger partial charge in [-0.25, -0.2) is 4.90 Å². The van der Waals surface area contributed by atoms with Gasteiger partial charge in [0.1, 0.15) is 5.56 Å². The number of benzene rings is 2. The van der Waals surface area contributed by atoms with E-state index in [1.807, 2.05) is 26.0 Å². The van der Waals surface area contributed by atoms with Gasteiger partial charge in [-0.15, -0.1) is 0 Å². The molecule has 0 spiro atoms. The first-order valence-corrected chi connectivity index (χ1v) is 7.18. The normalized spacial score (nSPS) is 13.6. The highest BCUT2D eigenvalue weighted by atomic mass is 16.6. The van der Waals surface area contributed by atoms with Crippen molar-refractivity contribution in [3.63, 3.8) is 0 Å². The largest absolute Gasteiger partial charge is 0.283 e. The Hall–Kier alpha value is -3.02. The maximum absolute atomic E-state index is 12.7. The Morgan fingerprint density at radius 2 is 1.70 bits per heavy atom. The molecule has 1 aliphatic heterocycles. The fraction of sp³-hybridized carbons (Fsp3) is 0.176. The zero-order chi connectivity index (χ0) is 16.7. The summed E-state index contributed by atoms with van der Waals surface area (Å²) < 4.78 is 0. The van der Waals surface area contributed by atoms with Crippen LogP contribution in [0.4, 0.5) is 11.4 Å². The molecular weight excluding hydrogens is 296 g/mol. The molecular formula is C17H14N2O4. The quantitative estimate of drug-likeness (QED) is 0.493. The summed E-state index contributed by atoms with van der Waals surface area (Å²) in [6, 6.07) is 11.2. The van der Waals surface area contributed by atoms with Gasteiger partial charge in [0.15, 0.2) is 0 Å². The fourth-order valence-electron chi connectivity index (χ4n) is 2.82. The standard InChI is InChI=1S/C17H14N2O4/c1-10(2)11-6-3-4-8-13(11)18-16(20)12-7-5-9-14(19(22)23)15(12)17(18)21/h3-10H,1-2H3. The molecule has 0 atom stereocenters. The topological polar surface area (TPSA) is 80.5 Å². The lowest BCUT2D eigenvalue weighted by molar-refractivity contribution is -0.385. The van der Waals surface area contributed by atoms with Gasteiger partial charge in [0, 0.05) is 6.07 Å². The smallest absolute Gasteiger partial charge is 0.268 e. The van der Waals surface area contributed by atoms with E-state index in [9.17, 15) is 19.7 Å². The Morgan fingerprint density at radius 3 is 2.35 bits per heavy atom. The van der Waals surface area contributed by atoms with Crippen LogP contribution >= 0.6 is 0 Å². The van der Waals surface area contributed by atoms with Gasteiger partial charge >= 0.3 is 0 Å². The molecule has 2 amide bonds. The summed E-state index contributed by atoms with van der Waals surface area (Å²) in [5, 5.41) is 11.2. The van der Waals surface area contributed by atoms with Gasteiger partial charge in [0.25, 0.3) is 17.5 Å². The van der Waals surface area contributed by atoms with Crippen molar-refractivity contribution in [1.29, 1.82) is 0 Å². The van der Waals surface area contributed by atoms with Gasteiger partial charge < -0.3 is 0 Å². The highest BCUT2D eigenvalue weighted by Crippen LogP contribution is 2.36. The van der Waals surface area contributed by atoms with E-state index in [0.717, 1.165) is 10.5 Å². The summed E-state index contributed by atoms with van der Waals surface area (Å²) in [6.45, 7) is 3.92. The summed E-state index contributed by atoms with van der Waals surface area (Å²) in [7, 11) is 0. The molecule has 1 heterocycles. The van der Waals surface area contributed by atoms with E-state index in [2.05, 4.69) is 0 Å². The second-order valence-corrected chi connectivity index (χ2v) is 5.62. The summed E-state index contributed by atoms with van der Waals surface area (Å²) in [5.41, 5.74) is 0.904. The Balaban J connectivity index is 2.19. The van der Waals surface area contributed by atoms with Crippen LogP contribution in [0.1, 0.15) is 46.0 Å². The third kappa shape index (κ3) is 2.19. The molecule has 6 heteroatoms. The van der Waals surface area contributed by atoms with E-state index in [0.29, 0.717) is 5.69 Å². The van der Waals surface area contributed by atoms with Gasteiger partial charge in [-0.2, -0.15) is 0 Å². The molecule has 116 valence electrons. The van der Waals surface area contributed by atoms with Crippen molar-refractivity contribution in [2.24, 2.45) is 0 Å². The van der Waals surface area contributed by atoms with Crippen LogP contribution in [0.15, 0.2) is 42.5 Å². The first-order valence-electron chi connectivity index (χ1n) is 7.18. The van der Waals surface area contributed by atoms with Crippen LogP contribution in [0.25, 0.3) is 0 Å². The summed E-state index contributed by atoms with van der Waals surface area (Å²) >= 11 is 0. The maximum atomic E-state index is 12.7. The summed E-state index contributed by atoms with van der Waals surface area (Å²) in [4.78, 5) is 36.9. The Labute approximate surface area is 132 Å². The second-order valence-electron chi connectivity index (χ2n) is 5.62. The van der Waals surface area contributed by atoms with Gasteiger partial charge in [-0.1, -0.05) is 38.1 Å². The molecule has 0 aliphatic carbocycles. The number of nitro benzene ring substituents is 1.